The molecule has 3 aromatic rings. The Morgan fingerprint density at radius 1 is 1.05 bits per heavy atom. The van der Waals surface area contributed by atoms with Crippen LogP contribution in [0.2, 0.25) is 5.15 Å². The lowest BCUT2D eigenvalue weighted by Crippen LogP contribution is -1.97. The van der Waals surface area contributed by atoms with Gasteiger partial charge < -0.3 is 4.74 Å². The predicted octanol–water partition coefficient (Wildman–Crippen LogP) is 4.78. The summed E-state index contributed by atoms with van der Waals surface area (Å²) >= 11 is 5.88. The average Bonchev–Trinajstić information content (AvgIpc) is 2.47. The molecule has 2 nitrogen and oxygen atoms in total. The fourth-order valence-corrected chi connectivity index (χ4v) is 2.44. The Kier molecular flexibility index (Phi) is 3.57. The lowest BCUT2D eigenvalue weighted by molar-refractivity contribution is 0.310. The van der Waals surface area contributed by atoms with E-state index in [1.165, 1.54) is 10.9 Å². The van der Waals surface area contributed by atoms with Crippen molar-refractivity contribution in [2.24, 2.45) is 0 Å². The van der Waals surface area contributed by atoms with Crippen LogP contribution in [0.3, 0.4) is 0 Å². The molecule has 0 saturated heterocycles. The number of aryl methyl sites for hydroxylation is 1. The molecule has 0 aliphatic carbocycles. The van der Waals surface area contributed by atoms with E-state index in [1.807, 2.05) is 30.3 Å². The molecule has 0 N–H and O–H groups in total. The van der Waals surface area contributed by atoms with Gasteiger partial charge in [-0.05, 0) is 41.6 Å². The number of fused-ring (bicyclic) bond motifs is 1. The Hall–Kier alpha value is -2.06. The summed E-state index contributed by atoms with van der Waals surface area (Å²) in [6.45, 7) is 2.59. The molecule has 0 amide bonds. The minimum Gasteiger partial charge on any atom is -0.488 e. The Balaban J connectivity index is 1.90. The normalized spacial score (nSPS) is 10.7. The van der Waals surface area contributed by atoms with Crippen molar-refractivity contribution in [3.8, 4) is 5.75 Å². The number of aromatic nitrogens is 1. The second kappa shape index (κ2) is 5.51. The van der Waals surface area contributed by atoms with Gasteiger partial charge in [-0.1, -0.05) is 41.9 Å². The molecule has 0 aliphatic rings. The van der Waals surface area contributed by atoms with Crippen LogP contribution < -0.4 is 4.74 Å². The van der Waals surface area contributed by atoms with Crippen molar-refractivity contribution in [1.29, 1.82) is 0 Å². The lowest BCUT2D eigenvalue weighted by Gasteiger charge is -2.11. The standard InChI is InChI=1S/C17H14ClNO/c1-12-6-7-16(15-5-3-2-4-14(12)15)20-11-13-8-9-19-17(18)10-13/h2-10H,11H2,1H3. The topological polar surface area (TPSA) is 22.1 Å². The second-order valence-electron chi connectivity index (χ2n) is 4.70. The number of benzene rings is 2. The smallest absolute Gasteiger partial charge is 0.129 e. The zero-order valence-electron chi connectivity index (χ0n) is 11.1. The highest BCUT2D eigenvalue weighted by Gasteiger charge is 2.04. The predicted molar refractivity (Wildman–Crippen MR) is 82.3 cm³/mol. The Bertz CT molecular complexity index is 755. The number of hydrogen-bond acceptors (Lipinski definition) is 2. The van der Waals surface area contributed by atoms with Crippen LogP contribution in [-0.4, -0.2) is 4.98 Å². The number of hydrogen-bond donors (Lipinski definition) is 0. The molecule has 0 saturated carbocycles. The molecule has 0 spiro atoms. The molecule has 0 radical (unpaired) electrons. The van der Waals surface area contributed by atoms with Crippen LogP contribution in [0.5, 0.6) is 5.75 Å². The summed E-state index contributed by atoms with van der Waals surface area (Å²) in [4.78, 5) is 3.97. The lowest BCUT2D eigenvalue weighted by atomic mass is 10.0. The molecule has 1 aromatic heterocycles. The van der Waals surface area contributed by atoms with Gasteiger partial charge in [-0.2, -0.15) is 0 Å². The summed E-state index contributed by atoms with van der Waals surface area (Å²) in [5, 5.41) is 2.84. The van der Waals surface area contributed by atoms with Gasteiger partial charge in [-0.15, -0.1) is 0 Å². The van der Waals surface area contributed by atoms with E-state index in [0.29, 0.717) is 11.8 Å². The van der Waals surface area contributed by atoms with Gasteiger partial charge in [0.15, 0.2) is 0 Å². The number of ether oxygens (including phenoxy) is 1. The maximum absolute atomic E-state index is 5.93. The third kappa shape index (κ3) is 2.61. The molecule has 0 fully saturated rings. The van der Waals surface area contributed by atoms with E-state index in [0.717, 1.165) is 16.7 Å². The van der Waals surface area contributed by atoms with E-state index < -0.39 is 0 Å². The van der Waals surface area contributed by atoms with Gasteiger partial charge >= 0.3 is 0 Å². The molecule has 0 aliphatic heterocycles. The molecule has 3 heteroatoms. The van der Waals surface area contributed by atoms with Gasteiger partial charge in [0.25, 0.3) is 0 Å². The SMILES string of the molecule is Cc1ccc(OCc2ccnc(Cl)c2)c2ccccc12. The van der Waals surface area contributed by atoms with Crippen molar-refractivity contribution in [3.05, 3.63) is 71.0 Å². The highest BCUT2D eigenvalue weighted by Crippen LogP contribution is 2.28. The zero-order chi connectivity index (χ0) is 13.9. The second-order valence-corrected chi connectivity index (χ2v) is 5.09. The van der Waals surface area contributed by atoms with Gasteiger partial charge in [0.05, 0.1) is 0 Å². The van der Waals surface area contributed by atoms with Crippen molar-refractivity contribution in [2.45, 2.75) is 13.5 Å². The summed E-state index contributed by atoms with van der Waals surface area (Å²) in [7, 11) is 0. The first kappa shape index (κ1) is 12.9. The van der Waals surface area contributed by atoms with E-state index in [-0.39, 0.29) is 0 Å². The molecular weight excluding hydrogens is 270 g/mol. The first-order valence-electron chi connectivity index (χ1n) is 6.45. The van der Waals surface area contributed by atoms with Crippen LogP contribution in [0.1, 0.15) is 11.1 Å². The van der Waals surface area contributed by atoms with E-state index in [1.54, 1.807) is 6.20 Å². The molecule has 0 unspecified atom stereocenters. The highest BCUT2D eigenvalue weighted by atomic mass is 35.5. The third-order valence-electron chi connectivity index (χ3n) is 3.29. The molecule has 0 bridgehead atoms. The number of pyridine rings is 1. The fourth-order valence-electron chi connectivity index (χ4n) is 2.24. The molecule has 1 heterocycles. The number of rotatable bonds is 3. The van der Waals surface area contributed by atoms with Gasteiger partial charge in [-0.25, -0.2) is 4.98 Å². The van der Waals surface area contributed by atoms with Crippen molar-refractivity contribution in [1.82, 2.24) is 4.98 Å². The highest BCUT2D eigenvalue weighted by molar-refractivity contribution is 6.29. The minimum absolute atomic E-state index is 0.481. The van der Waals surface area contributed by atoms with Crippen LogP contribution >= 0.6 is 11.6 Å². The quantitative estimate of drug-likeness (QED) is 0.646. The Labute approximate surface area is 123 Å². The molecule has 2 aromatic carbocycles. The average molecular weight is 284 g/mol. The first-order chi connectivity index (χ1) is 9.74. The van der Waals surface area contributed by atoms with Crippen LogP contribution in [0.4, 0.5) is 0 Å². The first-order valence-corrected chi connectivity index (χ1v) is 6.83. The monoisotopic (exact) mass is 283 g/mol. The molecule has 100 valence electrons. The van der Waals surface area contributed by atoms with Crippen LogP contribution in [0, 0.1) is 6.92 Å². The van der Waals surface area contributed by atoms with Crippen LogP contribution in [-0.2, 0) is 6.61 Å². The maximum atomic E-state index is 5.93. The maximum Gasteiger partial charge on any atom is 0.129 e. The minimum atomic E-state index is 0.481. The number of halogens is 1. The Morgan fingerprint density at radius 2 is 1.85 bits per heavy atom. The van der Waals surface area contributed by atoms with E-state index in [9.17, 15) is 0 Å². The number of nitrogens with zero attached hydrogens (tertiary/aromatic N) is 1. The van der Waals surface area contributed by atoms with Gasteiger partial charge in [-0.3, -0.25) is 0 Å². The molecule has 0 atom stereocenters. The van der Waals surface area contributed by atoms with Crippen molar-refractivity contribution in [3.63, 3.8) is 0 Å². The van der Waals surface area contributed by atoms with Crippen molar-refractivity contribution < 1.29 is 4.74 Å². The molecular formula is C17H14ClNO. The summed E-state index contributed by atoms with van der Waals surface area (Å²) in [6, 6.07) is 16.1. The molecule has 20 heavy (non-hydrogen) atoms. The van der Waals surface area contributed by atoms with Gasteiger partial charge in [0.2, 0.25) is 0 Å². The van der Waals surface area contributed by atoms with E-state index in [4.69, 9.17) is 16.3 Å². The summed E-state index contributed by atoms with van der Waals surface area (Å²) in [5.41, 5.74) is 2.26. The van der Waals surface area contributed by atoms with Crippen molar-refractivity contribution in [2.75, 3.05) is 0 Å². The van der Waals surface area contributed by atoms with Crippen molar-refractivity contribution >= 4 is 22.4 Å². The van der Waals surface area contributed by atoms with E-state index in [2.05, 4.69) is 30.1 Å². The molecule has 3 rings (SSSR count). The zero-order valence-corrected chi connectivity index (χ0v) is 11.9. The Morgan fingerprint density at radius 3 is 2.65 bits per heavy atom. The summed E-state index contributed by atoms with van der Waals surface area (Å²) < 4.78 is 5.93. The van der Waals surface area contributed by atoms with Crippen LogP contribution in [0.15, 0.2) is 54.7 Å². The van der Waals surface area contributed by atoms with Gasteiger partial charge in [0.1, 0.15) is 17.5 Å². The summed E-state index contributed by atoms with van der Waals surface area (Å²) in [5.74, 6) is 0.888. The summed E-state index contributed by atoms with van der Waals surface area (Å²) in [6.07, 6.45) is 1.69. The largest absolute Gasteiger partial charge is 0.488 e. The third-order valence-corrected chi connectivity index (χ3v) is 3.49. The van der Waals surface area contributed by atoms with E-state index >= 15 is 0 Å². The van der Waals surface area contributed by atoms with Gasteiger partial charge in [0, 0.05) is 11.6 Å². The van der Waals surface area contributed by atoms with Crippen LogP contribution in [0.25, 0.3) is 10.8 Å². The fraction of sp³-hybridized carbons (Fsp3) is 0.118.